The Hall–Kier alpha value is -4.85. The van der Waals surface area contributed by atoms with Crippen LogP contribution in [-0.4, -0.2) is 22.2 Å². The molecule has 0 amide bonds. The Bertz CT molecular complexity index is 1590. The predicted molar refractivity (Wildman–Crippen MR) is 158 cm³/mol. The summed E-state index contributed by atoms with van der Waals surface area (Å²) in [6.07, 6.45) is 1.59. The molecule has 2 N–H and O–H groups in total. The first-order chi connectivity index (χ1) is 20.5. The molecular weight excluding hydrogens is 557 g/mol. The summed E-state index contributed by atoms with van der Waals surface area (Å²) in [5.74, 6) is -1.41. The van der Waals surface area contributed by atoms with Gasteiger partial charge < -0.3 is 14.9 Å². The molecule has 0 fully saturated rings. The van der Waals surface area contributed by atoms with Gasteiger partial charge in [-0.15, -0.1) is 0 Å². The second-order valence-corrected chi connectivity index (χ2v) is 10.4. The van der Waals surface area contributed by atoms with Gasteiger partial charge in [0, 0.05) is 5.56 Å². The molecule has 0 spiro atoms. The van der Waals surface area contributed by atoms with E-state index in [2.05, 4.69) is 0 Å². The number of para-hydroxylation sites is 1. The topological polar surface area (TPSA) is 83.8 Å². The summed E-state index contributed by atoms with van der Waals surface area (Å²) >= 11 is 0. The number of benzene rings is 4. The zero-order valence-electron chi connectivity index (χ0n) is 23.5. The molecule has 0 radical (unpaired) electrons. The van der Waals surface area contributed by atoms with Crippen LogP contribution in [0.5, 0.6) is 5.75 Å². The van der Waals surface area contributed by atoms with Crippen molar-refractivity contribution in [3.63, 3.8) is 0 Å². The number of hydrogen-bond acceptors (Lipinski definition) is 3. The molecule has 222 valence electrons. The molecule has 0 saturated heterocycles. The van der Waals surface area contributed by atoms with Gasteiger partial charge in [-0.1, -0.05) is 66.2 Å². The molecule has 0 heterocycles. The number of rotatable bonds is 12. The minimum atomic E-state index is -4.44. The lowest BCUT2D eigenvalue weighted by molar-refractivity contribution is -0.137. The van der Waals surface area contributed by atoms with E-state index >= 15 is 0 Å². The molecule has 8 heteroatoms. The van der Waals surface area contributed by atoms with Crippen molar-refractivity contribution in [3.05, 3.63) is 142 Å². The maximum atomic E-state index is 13.3. The van der Waals surface area contributed by atoms with E-state index in [1.807, 2.05) is 24.3 Å². The second-order valence-electron chi connectivity index (χ2n) is 10.4. The molecule has 0 bridgehead atoms. The zero-order chi connectivity index (χ0) is 31.0. The summed E-state index contributed by atoms with van der Waals surface area (Å²) in [6, 6.07) is 24.6. The van der Waals surface area contributed by atoms with Crippen molar-refractivity contribution < 1.29 is 37.7 Å². The van der Waals surface area contributed by atoms with Crippen LogP contribution in [0.15, 0.2) is 97.1 Å². The van der Waals surface area contributed by atoms with E-state index in [0.29, 0.717) is 29.7 Å². The predicted octanol–water partition coefficient (Wildman–Crippen LogP) is 8.49. The van der Waals surface area contributed by atoms with Crippen LogP contribution in [0.2, 0.25) is 0 Å². The van der Waals surface area contributed by atoms with E-state index in [1.54, 1.807) is 73.7 Å². The van der Waals surface area contributed by atoms with Crippen LogP contribution >= 0.6 is 0 Å². The summed E-state index contributed by atoms with van der Waals surface area (Å²) in [6.45, 7) is 1.59. The van der Waals surface area contributed by atoms with Crippen LogP contribution in [0.3, 0.4) is 0 Å². The smallest absolute Gasteiger partial charge is 0.416 e. The largest absolute Gasteiger partial charge is 0.488 e. The highest BCUT2D eigenvalue weighted by Crippen LogP contribution is 2.31. The highest BCUT2D eigenvalue weighted by atomic mass is 19.4. The third-order valence-electron chi connectivity index (χ3n) is 7.03. The van der Waals surface area contributed by atoms with E-state index in [-0.39, 0.29) is 23.7 Å². The molecule has 0 aliphatic carbocycles. The molecule has 5 nitrogen and oxygen atoms in total. The maximum Gasteiger partial charge on any atom is 0.416 e. The monoisotopic (exact) mass is 588 g/mol. The molecule has 0 aliphatic heterocycles. The Kier molecular flexibility index (Phi) is 10.0. The summed E-state index contributed by atoms with van der Waals surface area (Å²) < 4.78 is 45.8. The first kappa shape index (κ1) is 31.1. The Balaban J connectivity index is 1.52. The van der Waals surface area contributed by atoms with Gasteiger partial charge in [0.15, 0.2) is 0 Å². The molecule has 4 aromatic rings. The van der Waals surface area contributed by atoms with Crippen LogP contribution in [0.4, 0.5) is 13.2 Å². The lowest BCUT2D eigenvalue weighted by Gasteiger charge is -2.15. The number of ether oxygens (including phenoxy) is 1. The molecule has 1 unspecified atom stereocenters. The minimum Gasteiger partial charge on any atom is -0.488 e. The number of aromatic carboxylic acids is 2. The summed E-state index contributed by atoms with van der Waals surface area (Å²) in [4.78, 5) is 22.5. The Morgan fingerprint density at radius 3 is 2.02 bits per heavy atom. The maximum absolute atomic E-state index is 13.3. The van der Waals surface area contributed by atoms with Crippen LogP contribution < -0.4 is 4.74 Å². The fourth-order valence-corrected chi connectivity index (χ4v) is 4.78. The Labute approximate surface area is 247 Å². The zero-order valence-corrected chi connectivity index (χ0v) is 23.5. The van der Waals surface area contributed by atoms with E-state index in [9.17, 15) is 33.0 Å². The first-order valence-electron chi connectivity index (χ1n) is 13.7. The van der Waals surface area contributed by atoms with Crippen molar-refractivity contribution in [1.82, 2.24) is 0 Å². The first-order valence-corrected chi connectivity index (χ1v) is 13.7. The van der Waals surface area contributed by atoms with Crippen molar-refractivity contribution in [1.29, 1.82) is 0 Å². The van der Waals surface area contributed by atoms with E-state index in [1.165, 1.54) is 0 Å². The van der Waals surface area contributed by atoms with Gasteiger partial charge in [-0.2, -0.15) is 13.2 Å². The van der Waals surface area contributed by atoms with Gasteiger partial charge >= 0.3 is 18.1 Å². The van der Waals surface area contributed by atoms with Crippen molar-refractivity contribution >= 4 is 18.0 Å². The highest BCUT2D eigenvalue weighted by molar-refractivity contribution is 5.88. The number of hydrogen-bond donors (Lipinski definition) is 2. The number of halogens is 3. The number of carboxylic acid groups (broad SMARTS) is 2. The van der Waals surface area contributed by atoms with E-state index < -0.39 is 23.7 Å². The second kappa shape index (κ2) is 13.9. The van der Waals surface area contributed by atoms with Gasteiger partial charge in [0.1, 0.15) is 12.4 Å². The SMILES string of the molecule is Cc1cc(COc2ccccc2/C=C/C(CCc2ccc(C(=O)O)cc2)Cc2ccc(C(=O)O)cc2)cc(C(F)(F)F)c1. The lowest BCUT2D eigenvalue weighted by Crippen LogP contribution is -2.07. The normalized spacial score (nSPS) is 12.3. The van der Waals surface area contributed by atoms with Gasteiger partial charge in [-0.3, -0.25) is 0 Å². The Morgan fingerprint density at radius 2 is 1.42 bits per heavy atom. The molecule has 0 aliphatic rings. The van der Waals surface area contributed by atoms with Crippen LogP contribution in [0.25, 0.3) is 6.08 Å². The molecule has 4 rings (SSSR count). The van der Waals surface area contributed by atoms with Crippen molar-refractivity contribution in [2.45, 2.75) is 39.0 Å². The number of allylic oxidation sites excluding steroid dienone is 1. The summed E-state index contributed by atoms with van der Waals surface area (Å²) in [5.41, 5.74) is 3.35. The van der Waals surface area contributed by atoms with Gasteiger partial charge in [0.25, 0.3) is 0 Å². The third-order valence-corrected chi connectivity index (χ3v) is 7.03. The van der Waals surface area contributed by atoms with Crippen LogP contribution in [0, 0.1) is 12.8 Å². The van der Waals surface area contributed by atoms with Crippen LogP contribution in [0.1, 0.15) is 60.5 Å². The molecule has 0 aromatic heterocycles. The standard InChI is InChI=1S/C35H31F3O5/c1-23-18-27(21-31(19-23)35(36,37)38)22-43-32-5-3-2-4-28(32)13-10-25(20-26-11-16-30(17-12-26)34(41)42)7-6-24-8-14-29(15-9-24)33(39)40/h2-5,8-19,21,25H,6-7,20,22H2,1H3,(H,39,40)(H,41,42)/b13-10+. The number of alkyl halides is 3. The highest BCUT2D eigenvalue weighted by Gasteiger charge is 2.30. The average Bonchev–Trinajstić information content (AvgIpc) is 2.97. The molecular formula is C35H31F3O5. The number of carboxylic acids is 2. The third kappa shape index (κ3) is 9.07. The summed E-state index contributed by atoms with van der Waals surface area (Å²) in [5, 5.41) is 18.4. The van der Waals surface area contributed by atoms with Gasteiger partial charge in [-0.05, 0) is 91.3 Å². The molecule has 1 atom stereocenters. The summed E-state index contributed by atoms with van der Waals surface area (Å²) in [7, 11) is 0. The van der Waals surface area contributed by atoms with Crippen molar-refractivity contribution in [2.24, 2.45) is 5.92 Å². The van der Waals surface area contributed by atoms with Gasteiger partial charge in [0.05, 0.1) is 16.7 Å². The van der Waals surface area contributed by atoms with Gasteiger partial charge in [-0.25, -0.2) is 9.59 Å². The van der Waals surface area contributed by atoms with E-state index in [4.69, 9.17) is 4.74 Å². The van der Waals surface area contributed by atoms with E-state index in [0.717, 1.165) is 35.2 Å². The number of carbonyl (C=O) groups is 2. The fraction of sp³-hybridized carbons (Fsp3) is 0.200. The molecule has 43 heavy (non-hydrogen) atoms. The number of aryl methyl sites for hydroxylation is 2. The molecule has 0 saturated carbocycles. The van der Waals surface area contributed by atoms with Crippen LogP contribution in [-0.2, 0) is 25.6 Å². The quantitative estimate of drug-likeness (QED) is 0.173. The molecule has 4 aromatic carbocycles. The Morgan fingerprint density at radius 1 is 0.814 bits per heavy atom. The fourth-order valence-electron chi connectivity index (χ4n) is 4.78. The van der Waals surface area contributed by atoms with Crippen molar-refractivity contribution in [3.8, 4) is 5.75 Å². The average molecular weight is 589 g/mol. The lowest BCUT2D eigenvalue weighted by atomic mass is 9.91. The minimum absolute atomic E-state index is 0.0265. The van der Waals surface area contributed by atoms with Gasteiger partial charge in [0.2, 0.25) is 0 Å². The van der Waals surface area contributed by atoms with Crippen molar-refractivity contribution in [2.75, 3.05) is 0 Å².